The van der Waals surface area contributed by atoms with Gasteiger partial charge in [-0.3, -0.25) is 4.79 Å². The van der Waals surface area contributed by atoms with Crippen molar-refractivity contribution < 1.29 is 31.6 Å². The van der Waals surface area contributed by atoms with Gasteiger partial charge in [-0.25, -0.2) is 0 Å². The molecule has 0 unspecified atom stereocenters. The molecule has 0 heterocycles. The second kappa shape index (κ2) is 19.9. The van der Waals surface area contributed by atoms with E-state index in [1.54, 1.807) is 0 Å². The molecule has 0 bridgehead atoms. The van der Waals surface area contributed by atoms with Crippen LogP contribution in [-0.4, -0.2) is 11.1 Å². The number of aliphatic carboxylic acids is 1. The van der Waals surface area contributed by atoms with Crippen LogP contribution in [0.1, 0.15) is 96.8 Å². The van der Waals surface area contributed by atoms with Gasteiger partial charge in [0.25, 0.3) is 0 Å². The summed E-state index contributed by atoms with van der Waals surface area (Å²) in [5, 5.41) is 8.51. The molecule has 0 aliphatic heterocycles. The Morgan fingerprint density at radius 3 is 1.67 bits per heavy atom. The SMILES string of the molecule is CCCCCCCC/C=C\CCCCCCCC(=O)O.[Ti]. The van der Waals surface area contributed by atoms with Crippen molar-refractivity contribution in [2.45, 2.75) is 96.8 Å². The fraction of sp³-hybridized carbons (Fsp3) is 0.833. The fourth-order valence-corrected chi connectivity index (χ4v) is 2.35. The average molecular weight is 330 g/mol. The van der Waals surface area contributed by atoms with Gasteiger partial charge in [0.2, 0.25) is 0 Å². The summed E-state index contributed by atoms with van der Waals surface area (Å²) in [6.07, 6.45) is 21.2. The van der Waals surface area contributed by atoms with Crippen molar-refractivity contribution >= 4 is 5.97 Å². The summed E-state index contributed by atoms with van der Waals surface area (Å²) in [5.41, 5.74) is 0. The van der Waals surface area contributed by atoms with Crippen LogP contribution in [0.2, 0.25) is 0 Å². The molecule has 0 aromatic rings. The third-order valence-electron chi connectivity index (χ3n) is 3.65. The number of unbranched alkanes of at least 4 members (excludes halogenated alkanes) is 11. The van der Waals surface area contributed by atoms with Crippen LogP contribution in [0.25, 0.3) is 0 Å². The van der Waals surface area contributed by atoms with Crippen LogP contribution in [0.5, 0.6) is 0 Å². The first kappa shape index (κ1) is 23.2. The van der Waals surface area contributed by atoms with E-state index in [4.69, 9.17) is 5.11 Å². The molecule has 0 saturated carbocycles. The molecule has 0 aliphatic carbocycles. The van der Waals surface area contributed by atoms with E-state index in [0.29, 0.717) is 6.42 Å². The zero-order valence-corrected chi connectivity index (χ0v) is 15.5. The summed E-state index contributed by atoms with van der Waals surface area (Å²) in [5.74, 6) is -0.664. The number of hydrogen-bond acceptors (Lipinski definition) is 1. The molecule has 0 radical (unpaired) electrons. The van der Waals surface area contributed by atoms with Gasteiger partial charge in [-0.05, 0) is 32.1 Å². The molecule has 0 aromatic heterocycles. The predicted octanol–water partition coefficient (Wildman–Crippen LogP) is 6.11. The molecule has 2 nitrogen and oxygen atoms in total. The summed E-state index contributed by atoms with van der Waals surface area (Å²) in [7, 11) is 0. The fourth-order valence-electron chi connectivity index (χ4n) is 2.35. The Balaban J connectivity index is 0. The maximum absolute atomic E-state index is 10.3. The molecule has 0 amide bonds. The van der Waals surface area contributed by atoms with Crippen molar-refractivity contribution in [3.8, 4) is 0 Å². The summed E-state index contributed by atoms with van der Waals surface area (Å²) < 4.78 is 0. The minimum atomic E-state index is -0.664. The maximum atomic E-state index is 10.3. The number of carbonyl (C=O) groups is 1. The van der Waals surface area contributed by atoms with Gasteiger partial charge in [0.15, 0.2) is 0 Å². The van der Waals surface area contributed by atoms with Gasteiger partial charge >= 0.3 is 5.97 Å². The molecule has 1 N–H and O–H groups in total. The zero-order valence-electron chi connectivity index (χ0n) is 13.9. The third kappa shape index (κ3) is 22.3. The second-order valence-corrected chi connectivity index (χ2v) is 5.73. The first-order valence-corrected chi connectivity index (χ1v) is 8.64. The van der Waals surface area contributed by atoms with Crippen LogP contribution in [0.3, 0.4) is 0 Å². The quantitative estimate of drug-likeness (QED) is 0.223. The maximum Gasteiger partial charge on any atom is 0.303 e. The second-order valence-electron chi connectivity index (χ2n) is 5.73. The predicted molar refractivity (Wildman–Crippen MR) is 87.1 cm³/mol. The number of hydrogen-bond donors (Lipinski definition) is 1. The van der Waals surface area contributed by atoms with E-state index in [-0.39, 0.29) is 21.7 Å². The van der Waals surface area contributed by atoms with E-state index in [1.165, 1.54) is 70.6 Å². The molecule has 0 rings (SSSR count). The number of carboxylic acids is 1. The van der Waals surface area contributed by atoms with Gasteiger partial charge in [0.05, 0.1) is 0 Å². The van der Waals surface area contributed by atoms with E-state index >= 15 is 0 Å². The minimum absolute atomic E-state index is 0. The van der Waals surface area contributed by atoms with E-state index in [1.807, 2.05) is 0 Å². The molecule has 0 saturated heterocycles. The van der Waals surface area contributed by atoms with Crippen LogP contribution < -0.4 is 0 Å². The van der Waals surface area contributed by atoms with Crippen molar-refractivity contribution in [2.75, 3.05) is 0 Å². The Labute approximate surface area is 146 Å². The number of carboxylic acid groups (broad SMARTS) is 1. The molecular formula is C18H34O2Ti. The van der Waals surface area contributed by atoms with E-state index in [2.05, 4.69) is 19.1 Å². The minimum Gasteiger partial charge on any atom is -0.481 e. The molecule has 0 spiro atoms. The van der Waals surface area contributed by atoms with Crippen LogP contribution in [0.15, 0.2) is 12.2 Å². The van der Waals surface area contributed by atoms with Gasteiger partial charge in [0.1, 0.15) is 0 Å². The van der Waals surface area contributed by atoms with Gasteiger partial charge in [-0.1, -0.05) is 70.4 Å². The summed E-state index contributed by atoms with van der Waals surface area (Å²) in [6.45, 7) is 2.26. The Hall–Kier alpha value is -0.0757. The molecular weight excluding hydrogens is 296 g/mol. The van der Waals surface area contributed by atoms with Gasteiger partial charge in [0, 0.05) is 28.1 Å². The Morgan fingerprint density at radius 2 is 1.19 bits per heavy atom. The Bertz CT molecular complexity index is 239. The van der Waals surface area contributed by atoms with E-state index in [9.17, 15) is 4.79 Å². The average Bonchev–Trinajstić information content (AvgIpc) is 2.43. The first-order valence-electron chi connectivity index (χ1n) is 8.64. The molecule has 0 aliphatic rings. The largest absolute Gasteiger partial charge is 0.481 e. The van der Waals surface area contributed by atoms with Crippen molar-refractivity contribution in [3.63, 3.8) is 0 Å². The van der Waals surface area contributed by atoms with Crippen molar-refractivity contribution in [2.24, 2.45) is 0 Å². The molecule has 0 atom stereocenters. The van der Waals surface area contributed by atoms with Gasteiger partial charge in [-0.2, -0.15) is 0 Å². The van der Waals surface area contributed by atoms with Crippen LogP contribution >= 0.6 is 0 Å². The monoisotopic (exact) mass is 330 g/mol. The summed E-state index contributed by atoms with van der Waals surface area (Å²) in [4.78, 5) is 10.3. The molecule has 0 fully saturated rings. The smallest absolute Gasteiger partial charge is 0.303 e. The topological polar surface area (TPSA) is 37.3 Å². The first-order chi connectivity index (χ1) is 9.77. The molecule has 21 heavy (non-hydrogen) atoms. The zero-order chi connectivity index (χ0) is 14.9. The van der Waals surface area contributed by atoms with E-state index in [0.717, 1.165) is 12.8 Å². The summed E-state index contributed by atoms with van der Waals surface area (Å²) in [6, 6.07) is 0. The van der Waals surface area contributed by atoms with Crippen LogP contribution in [0, 0.1) is 0 Å². The number of allylic oxidation sites excluding steroid dienone is 2. The standard InChI is InChI=1S/C18H34O2.Ti/c1-2-3-4-5-6-7-8-9-10-11-12-13-14-15-16-17-18(19)20;/h9-10H,2-8,11-17H2,1H3,(H,19,20);/b10-9-;. The normalized spacial score (nSPS) is 10.7. The van der Waals surface area contributed by atoms with E-state index < -0.39 is 5.97 Å². The van der Waals surface area contributed by atoms with Crippen molar-refractivity contribution in [3.05, 3.63) is 12.2 Å². The number of rotatable bonds is 15. The molecule has 122 valence electrons. The van der Waals surface area contributed by atoms with Crippen LogP contribution in [-0.2, 0) is 26.5 Å². The van der Waals surface area contributed by atoms with Crippen molar-refractivity contribution in [1.29, 1.82) is 0 Å². The van der Waals surface area contributed by atoms with Crippen LogP contribution in [0.4, 0.5) is 0 Å². The Morgan fingerprint density at radius 1 is 0.762 bits per heavy atom. The molecule has 0 aromatic carbocycles. The van der Waals surface area contributed by atoms with Gasteiger partial charge < -0.3 is 5.11 Å². The Kier molecular flexibility index (Phi) is 22.0. The summed E-state index contributed by atoms with van der Waals surface area (Å²) >= 11 is 0. The van der Waals surface area contributed by atoms with Crippen molar-refractivity contribution in [1.82, 2.24) is 0 Å². The molecule has 3 heteroatoms. The van der Waals surface area contributed by atoms with Gasteiger partial charge in [-0.15, -0.1) is 0 Å². The third-order valence-corrected chi connectivity index (χ3v) is 3.65.